The lowest BCUT2D eigenvalue weighted by Gasteiger charge is -2.18. The van der Waals surface area contributed by atoms with E-state index in [9.17, 15) is 19.5 Å². The van der Waals surface area contributed by atoms with Crippen LogP contribution < -0.4 is 15.4 Å². The van der Waals surface area contributed by atoms with E-state index in [1.54, 1.807) is 18.2 Å². The van der Waals surface area contributed by atoms with E-state index >= 15 is 0 Å². The number of nitrogens with one attached hydrogen (secondary N) is 2. The van der Waals surface area contributed by atoms with Gasteiger partial charge < -0.3 is 20.5 Å². The second kappa shape index (κ2) is 7.55. The number of carboxylic acids is 1. The molecule has 0 saturated carbocycles. The zero-order valence-corrected chi connectivity index (χ0v) is 14.7. The molecule has 0 bridgehead atoms. The molecule has 136 valence electrons. The van der Waals surface area contributed by atoms with E-state index < -0.39 is 17.9 Å². The molecule has 1 aromatic rings. The fraction of sp³-hybridized carbons (Fsp3) is 0.500. The van der Waals surface area contributed by atoms with Crippen molar-refractivity contribution in [3.63, 3.8) is 0 Å². The number of hydrogen-bond acceptors (Lipinski definition) is 4. The first-order valence-electron chi connectivity index (χ1n) is 8.20. The van der Waals surface area contributed by atoms with Gasteiger partial charge in [-0.05, 0) is 28.7 Å². The predicted molar refractivity (Wildman–Crippen MR) is 91.2 cm³/mol. The van der Waals surface area contributed by atoms with Gasteiger partial charge in [-0.2, -0.15) is 0 Å². The Labute approximate surface area is 146 Å². The zero-order valence-electron chi connectivity index (χ0n) is 14.7. The minimum absolute atomic E-state index is 0.184. The summed E-state index contributed by atoms with van der Waals surface area (Å²) in [5.74, 6) is -1.21. The summed E-state index contributed by atoms with van der Waals surface area (Å²) in [6.45, 7) is 6.08. The highest BCUT2D eigenvalue weighted by Crippen LogP contribution is 2.28. The van der Waals surface area contributed by atoms with Gasteiger partial charge in [0.05, 0.1) is 13.2 Å². The molecule has 0 aliphatic carbocycles. The topological polar surface area (TPSA) is 105 Å². The molecule has 1 heterocycles. The van der Waals surface area contributed by atoms with Crippen LogP contribution in [0.1, 0.15) is 44.4 Å². The lowest BCUT2D eigenvalue weighted by molar-refractivity contribution is -0.142. The quantitative estimate of drug-likeness (QED) is 0.721. The second-order valence-electron chi connectivity index (χ2n) is 7.32. The third kappa shape index (κ3) is 5.48. The molecule has 1 aliphatic heterocycles. The fourth-order valence-electron chi connectivity index (χ4n) is 2.61. The number of benzene rings is 1. The minimum Gasteiger partial charge on any atom is -0.493 e. The molecule has 1 aliphatic rings. The number of carbonyl (C=O) groups excluding carboxylic acids is 2. The lowest BCUT2D eigenvalue weighted by Crippen LogP contribution is -2.41. The molecule has 0 radical (unpaired) electrons. The summed E-state index contributed by atoms with van der Waals surface area (Å²) in [6.07, 6.45) is 1.000. The van der Waals surface area contributed by atoms with Gasteiger partial charge in [0.2, 0.25) is 11.8 Å². The maximum Gasteiger partial charge on any atom is 0.330 e. The molecule has 0 spiro atoms. The first kappa shape index (κ1) is 18.8. The molecule has 1 aromatic carbocycles. The first-order valence-corrected chi connectivity index (χ1v) is 8.20. The van der Waals surface area contributed by atoms with Crippen LogP contribution in [0.3, 0.4) is 0 Å². The van der Waals surface area contributed by atoms with Crippen LogP contribution in [0.2, 0.25) is 0 Å². The van der Waals surface area contributed by atoms with Crippen molar-refractivity contribution >= 4 is 17.8 Å². The van der Waals surface area contributed by atoms with E-state index in [0.29, 0.717) is 18.6 Å². The largest absolute Gasteiger partial charge is 0.493 e. The highest BCUT2D eigenvalue weighted by molar-refractivity contribution is 5.88. The maximum absolute atomic E-state index is 12.0. The SMILES string of the molecule is CC(C)(C)CC(=O)NCC(=O)NC(C(=O)O)c1ccc2c(c1)CCO2. The van der Waals surface area contributed by atoms with Crippen molar-refractivity contribution in [2.45, 2.75) is 39.7 Å². The van der Waals surface area contributed by atoms with Crippen molar-refractivity contribution in [3.05, 3.63) is 29.3 Å². The number of aliphatic carboxylic acids is 1. The molecular weight excluding hydrogens is 324 g/mol. The molecule has 0 fully saturated rings. The van der Waals surface area contributed by atoms with Gasteiger partial charge in [0.15, 0.2) is 6.04 Å². The average molecular weight is 348 g/mol. The van der Waals surface area contributed by atoms with E-state index in [0.717, 1.165) is 11.3 Å². The Hall–Kier alpha value is -2.57. The average Bonchev–Trinajstić information content (AvgIpc) is 2.96. The van der Waals surface area contributed by atoms with Crippen LogP contribution in [0.4, 0.5) is 0 Å². The van der Waals surface area contributed by atoms with Crippen molar-refractivity contribution in [1.82, 2.24) is 10.6 Å². The maximum atomic E-state index is 12.0. The summed E-state index contributed by atoms with van der Waals surface area (Å²) in [6, 6.07) is 3.91. The first-order chi connectivity index (χ1) is 11.7. The number of fused-ring (bicyclic) bond motifs is 1. The summed E-state index contributed by atoms with van der Waals surface area (Å²) in [7, 11) is 0. The highest BCUT2D eigenvalue weighted by Gasteiger charge is 2.24. The van der Waals surface area contributed by atoms with Gasteiger partial charge in [0.25, 0.3) is 0 Å². The lowest BCUT2D eigenvalue weighted by atomic mass is 9.92. The normalized spacial score (nSPS) is 14.2. The number of carboxylic acid groups (broad SMARTS) is 1. The zero-order chi connectivity index (χ0) is 18.6. The Kier molecular flexibility index (Phi) is 5.66. The van der Waals surface area contributed by atoms with E-state index in [2.05, 4.69) is 10.6 Å². The molecule has 0 aromatic heterocycles. The molecule has 3 N–H and O–H groups in total. The van der Waals surface area contributed by atoms with E-state index in [1.807, 2.05) is 20.8 Å². The molecule has 7 heteroatoms. The molecule has 2 rings (SSSR count). The van der Waals surface area contributed by atoms with Crippen LogP contribution in [-0.2, 0) is 20.8 Å². The fourth-order valence-corrected chi connectivity index (χ4v) is 2.61. The van der Waals surface area contributed by atoms with E-state index in [-0.39, 0.29) is 24.3 Å². The molecule has 0 saturated heterocycles. The molecule has 1 unspecified atom stereocenters. The van der Waals surface area contributed by atoms with Gasteiger partial charge in [-0.25, -0.2) is 4.79 Å². The van der Waals surface area contributed by atoms with Crippen LogP contribution in [0.5, 0.6) is 5.75 Å². The van der Waals surface area contributed by atoms with Crippen LogP contribution in [0.25, 0.3) is 0 Å². The molecule has 1 atom stereocenters. The number of amides is 2. The van der Waals surface area contributed by atoms with Gasteiger partial charge in [-0.1, -0.05) is 26.8 Å². The summed E-state index contributed by atoms with van der Waals surface area (Å²) in [4.78, 5) is 35.3. The summed E-state index contributed by atoms with van der Waals surface area (Å²) in [5, 5.41) is 14.4. The Morgan fingerprint density at radius 2 is 1.96 bits per heavy atom. The van der Waals surface area contributed by atoms with Crippen molar-refractivity contribution in [2.75, 3.05) is 13.2 Å². The summed E-state index contributed by atoms with van der Waals surface area (Å²) >= 11 is 0. The number of hydrogen-bond donors (Lipinski definition) is 3. The highest BCUT2D eigenvalue weighted by atomic mass is 16.5. The van der Waals surface area contributed by atoms with Crippen LogP contribution in [0.15, 0.2) is 18.2 Å². The van der Waals surface area contributed by atoms with E-state index in [4.69, 9.17) is 4.74 Å². The summed E-state index contributed by atoms with van der Waals surface area (Å²) in [5.41, 5.74) is 1.22. The third-order valence-corrected chi connectivity index (χ3v) is 3.74. The van der Waals surface area contributed by atoms with Crippen LogP contribution >= 0.6 is 0 Å². The van der Waals surface area contributed by atoms with Crippen molar-refractivity contribution in [2.24, 2.45) is 5.41 Å². The standard InChI is InChI=1S/C18H24N2O5/c1-18(2,3)9-14(21)19-10-15(22)20-16(17(23)24)12-4-5-13-11(8-12)6-7-25-13/h4-5,8,16H,6-7,9-10H2,1-3H3,(H,19,21)(H,20,22)(H,23,24). The Morgan fingerprint density at radius 1 is 1.24 bits per heavy atom. The van der Waals surface area contributed by atoms with Gasteiger partial charge in [-0.3, -0.25) is 9.59 Å². The van der Waals surface area contributed by atoms with Gasteiger partial charge in [0.1, 0.15) is 5.75 Å². The van der Waals surface area contributed by atoms with Crippen LogP contribution in [-0.4, -0.2) is 36.0 Å². The second-order valence-corrected chi connectivity index (χ2v) is 7.32. The van der Waals surface area contributed by atoms with E-state index in [1.165, 1.54) is 0 Å². The molecule has 25 heavy (non-hydrogen) atoms. The molecule has 2 amide bonds. The van der Waals surface area contributed by atoms with Crippen molar-refractivity contribution in [1.29, 1.82) is 0 Å². The number of ether oxygens (including phenoxy) is 1. The van der Waals surface area contributed by atoms with Crippen LogP contribution in [0, 0.1) is 5.41 Å². The summed E-state index contributed by atoms with van der Waals surface area (Å²) < 4.78 is 5.40. The minimum atomic E-state index is -1.17. The van der Waals surface area contributed by atoms with Gasteiger partial charge in [-0.15, -0.1) is 0 Å². The van der Waals surface area contributed by atoms with Crippen molar-refractivity contribution < 1.29 is 24.2 Å². The Bertz CT molecular complexity index is 679. The van der Waals surface area contributed by atoms with Crippen molar-refractivity contribution in [3.8, 4) is 5.75 Å². The number of rotatable bonds is 6. The Morgan fingerprint density at radius 3 is 2.60 bits per heavy atom. The van der Waals surface area contributed by atoms with Gasteiger partial charge >= 0.3 is 5.97 Å². The third-order valence-electron chi connectivity index (χ3n) is 3.74. The molecular formula is C18H24N2O5. The Balaban J connectivity index is 1.96. The predicted octanol–water partition coefficient (Wildman–Crippen LogP) is 1.42. The monoisotopic (exact) mass is 348 g/mol. The van der Waals surface area contributed by atoms with Gasteiger partial charge in [0, 0.05) is 12.8 Å². The smallest absolute Gasteiger partial charge is 0.330 e. The molecule has 7 nitrogen and oxygen atoms in total. The number of carbonyl (C=O) groups is 3.